The van der Waals surface area contributed by atoms with E-state index in [4.69, 9.17) is 9.47 Å². The summed E-state index contributed by atoms with van der Waals surface area (Å²) in [6.45, 7) is 2.33. The molecule has 1 saturated heterocycles. The molecule has 0 bridgehead atoms. The van der Waals surface area contributed by atoms with Crippen LogP contribution in [0.4, 0.5) is 5.69 Å². The summed E-state index contributed by atoms with van der Waals surface area (Å²) in [4.78, 5) is 13.1. The highest BCUT2D eigenvalue weighted by Gasteiger charge is 2.35. The summed E-state index contributed by atoms with van der Waals surface area (Å²) in [6, 6.07) is 21.6. The van der Waals surface area contributed by atoms with Crippen LogP contribution >= 0.6 is 0 Å². The van der Waals surface area contributed by atoms with Crippen molar-refractivity contribution in [3.05, 3.63) is 78.4 Å². The van der Waals surface area contributed by atoms with E-state index in [1.165, 1.54) is 11.4 Å². The fourth-order valence-corrected chi connectivity index (χ4v) is 5.74. The monoisotopic (exact) mass is 480 g/mol. The lowest BCUT2D eigenvalue weighted by Gasteiger charge is -2.31. The Morgan fingerprint density at radius 2 is 1.71 bits per heavy atom. The Morgan fingerprint density at radius 3 is 2.41 bits per heavy atom. The molecule has 8 heteroatoms. The van der Waals surface area contributed by atoms with Gasteiger partial charge < -0.3 is 14.8 Å². The van der Waals surface area contributed by atoms with Gasteiger partial charge in [-0.15, -0.1) is 0 Å². The van der Waals surface area contributed by atoms with E-state index in [1.807, 2.05) is 37.3 Å². The fraction of sp³-hybridized carbons (Fsp3) is 0.269. The van der Waals surface area contributed by atoms with Gasteiger partial charge in [-0.05, 0) is 73.9 Å². The van der Waals surface area contributed by atoms with Gasteiger partial charge in [-0.1, -0.05) is 24.3 Å². The summed E-state index contributed by atoms with van der Waals surface area (Å²) in [5.74, 6) is 1.04. The van der Waals surface area contributed by atoms with Gasteiger partial charge in [0.15, 0.2) is 0 Å². The van der Waals surface area contributed by atoms with Gasteiger partial charge in [-0.3, -0.25) is 4.79 Å². The van der Waals surface area contributed by atoms with Crippen LogP contribution in [-0.2, 0) is 14.8 Å². The minimum Gasteiger partial charge on any atom is -0.495 e. The zero-order valence-electron chi connectivity index (χ0n) is 19.2. The topological polar surface area (TPSA) is 84.9 Å². The van der Waals surface area contributed by atoms with E-state index in [1.54, 1.807) is 42.5 Å². The number of carbonyl (C=O) groups excluding carboxylic acids is 1. The number of nitrogens with one attached hydrogen (secondary N) is 1. The van der Waals surface area contributed by atoms with Gasteiger partial charge in [0, 0.05) is 18.8 Å². The quantitative estimate of drug-likeness (QED) is 0.523. The molecule has 1 fully saturated rings. The average molecular weight is 481 g/mol. The standard InChI is InChI=1S/C26H28N2O5S/c1-19-10-15-24(32-2)25(17-19)34(30,31)28-16-6-7-20(18-28)26(29)27-21-11-13-23(14-12-21)33-22-8-4-3-5-9-22/h3-5,8-15,17,20H,6-7,16,18H2,1-2H3,(H,27,29)/t20-/m1/s1. The lowest BCUT2D eigenvalue weighted by Crippen LogP contribution is -2.43. The van der Waals surface area contributed by atoms with Crippen LogP contribution in [0.5, 0.6) is 17.2 Å². The van der Waals surface area contributed by atoms with Crippen LogP contribution in [0, 0.1) is 12.8 Å². The molecule has 1 atom stereocenters. The van der Waals surface area contributed by atoms with Crippen LogP contribution in [0.15, 0.2) is 77.7 Å². The molecule has 1 aliphatic rings. The summed E-state index contributed by atoms with van der Waals surface area (Å²) in [6.07, 6.45) is 1.23. The molecule has 0 radical (unpaired) electrons. The summed E-state index contributed by atoms with van der Waals surface area (Å²) < 4.78 is 39.1. The summed E-state index contributed by atoms with van der Waals surface area (Å²) in [5.41, 5.74) is 1.45. The number of nitrogens with zero attached hydrogens (tertiary/aromatic N) is 1. The predicted octanol–water partition coefficient (Wildman–Crippen LogP) is 4.84. The number of carbonyl (C=O) groups is 1. The maximum Gasteiger partial charge on any atom is 0.246 e. The Labute approximate surface area is 200 Å². The van der Waals surface area contributed by atoms with E-state index >= 15 is 0 Å². The Morgan fingerprint density at radius 1 is 1.00 bits per heavy atom. The number of amides is 1. The average Bonchev–Trinajstić information content (AvgIpc) is 2.86. The molecule has 1 aliphatic heterocycles. The van der Waals surface area contributed by atoms with Crippen molar-refractivity contribution in [3.63, 3.8) is 0 Å². The normalized spacial score (nSPS) is 16.6. The Kier molecular flexibility index (Phi) is 7.19. The maximum atomic E-state index is 13.3. The van der Waals surface area contributed by atoms with Crippen molar-refractivity contribution in [3.8, 4) is 17.2 Å². The Hall–Kier alpha value is -3.36. The van der Waals surface area contributed by atoms with Gasteiger partial charge >= 0.3 is 0 Å². The molecule has 3 aromatic carbocycles. The second-order valence-corrected chi connectivity index (χ2v) is 10.2. The maximum absolute atomic E-state index is 13.3. The molecule has 178 valence electrons. The first-order valence-electron chi connectivity index (χ1n) is 11.2. The van der Waals surface area contributed by atoms with Crippen molar-refractivity contribution in [2.75, 3.05) is 25.5 Å². The first-order valence-corrected chi connectivity index (χ1v) is 12.6. The van der Waals surface area contributed by atoms with E-state index in [-0.39, 0.29) is 17.3 Å². The zero-order chi connectivity index (χ0) is 24.1. The van der Waals surface area contributed by atoms with Gasteiger partial charge in [0.2, 0.25) is 15.9 Å². The summed E-state index contributed by atoms with van der Waals surface area (Å²) >= 11 is 0. The SMILES string of the molecule is COc1ccc(C)cc1S(=O)(=O)N1CCC[C@@H](C(=O)Nc2ccc(Oc3ccccc3)cc2)C1. The van der Waals surface area contributed by atoms with Gasteiger partial charge in [0.1, 0.15) is 22.1 Å². The van der Waals surface area contributed by atoms with Crippen LogP contribution in [-0.4, -0.2) is 38.8 Å². The molecule has 3 aromatic rings. The predicted molar refractivity (Wildman–Crippen MR) is 131 cm³/mol. The minimum atomic E-state index is -3.79. The van der Waals surface area contributed by atoms with E-state index in [9.17, 15) is 13.2 Å². The number of aryl methyl sites for hydroxylation is 1. The number of anilines is 1. The first-order chi connectivity index (χ1) is 16.4. The highest BCUT2D eigenvalue weighted by atomic mass is 32.2. The van der Waals surface area contributed by atoms with Crippen molar-refractivity contribution >= 4 is 21.6 Å². The van der Waals surface area contributed by atoms with Crippen LogP contribution in [0.2, 0.25) is 0 Å². The van der Waals surface area contributed by atoms with Crippen LogP contribution < -0.4 is 14.8 Å². The Balaban J connectivity index is 1.42. The summed E-state index contributed by atoms with van der Waals surface area (Å²) in [5, 5.41) is 2.91. The molecule has 7 nitrogen and oxygen atoms in total. The number of hydrogen-bond donors (Lipinski definition) is 1. The molecular weight excluding hydrogens is 452 g/mol. The second kappa shape index (κ2) is 10.3. The third kappa shape index (κ3) is 5.40. The summed E-state index contributed by atoms with van der Waals surface area (Å²) in [7, 11) is -2.34. The lowest BCUT2D eigenvalue weighted by atomic mass is 9.99. The van der Waals surface area contributed by atoms with Crippen LogP contribution in [0.1, 0.15) is 18.4 Å². The van der Waals surface area contributed by atoms with Crippen molar-refractivity contribution in [2.24, 2.45) is 5.92 Å². The second-order valence-electron chi connectivity index (χ2n) is 8.29. The van der Waals surface area contributed by atoms with Crippen LogP contribution in [0.25, 0.3) is 0 Å². The molecule has 1 heterocycles. The van der Waals surface area contributed by atoms with E-state index in [0.717, 1.165) is 11.3 Å². The molecule has 0 saturated carbocycles. The van der Waals surface area contributed by atoms with Crippen molar-refractivity contribution in [1.82, 2.24) is 4.31 Å². The number of benzene rings is 3. The zero-order valence-corrected chi connectivity index (χ0v) is 20.0. The Bertz CT molecular complexity index is 1240. The highest BCUT2D eigenvalue weighted by molar-refractivity contribution is 7.89. The van der Waals surface area contributed by atoms with Gasteiger partial charge in [0.05, 0.1) is 13.0 Å². The van der Waals surface area contributed by atoms with E-state index in [2.05, 4.69) is 5.32 Å². The van der Waals surface area contributed by atoms with E-state index < -0.39 is 15.9 Å². The number of ether oxygens (including phenoxy) is 2. The number of rotatable bonds is 7. The largest absolute Gasteiger partial charge is 0.495 e. The molecule has 1 N–H and O–H groups in total. The number of piperidine rings is 1. The molecular formula is C26H28N2O5S. The number of methoxy groups -OCH3 is 1. The third-order valence-electron chi connectivity index (χ3n) is 5.79. The fourth-order valence-electron chi connectivity index (χ4n) is 3.97. The molecule has 1 amide bonds. The van der Waals surface area contributed by atoms with E-state index in [0.29, 0.717) is 36.6 Å². The van der Waals surface area contributed by atoms with Crippen LogP contribution in [0.3, 0.4) is 0 Å². The van der Waals surface area contributed by atoms with Crippen molar-refractivity contribution < 1.29 is 22.7 Å². The van der Waals surface area contributed by atoms with Gasteiger partial charge in [-0.25, -0.2) is 8.42 Å². The lowest BCUT2D eigenvalue weighted by molar-refractivity contribution is -0.120. The van der Waals surface area contributed by atoms with Gasteiger partial charge in [0.25, 0.3) is 0 Å². The molecule has 0 aliphatic carbocycles. The van der Waals surface area contributed by atoms with Crippen molar-refractivity contribution in [2.45, 2.75) is 24.7 Å². The van der Waals surface area contributed by atoms with Crippen molar-refractivity contribution in [1.29, 1.82) is 0 Å². The first kappa shape index (κ1) is 23.8. The number of hydrogen-bond acceptors (Lipinski definition) is 5. The number of sulfonamides is 1. The highest BCUT2D eigenvalue weighted by Crippen LogP contribution is 2.31. The third-order valence-corrected chi connectivity index (χ3v) is 7.68. The molecule has 0 aromatic heterocycles. The molecule has 0 spiro atoms. The smallest absolute Gasteiger partial charge is 0.246 e. The number of para-hydroxylation sites is 1. The van der Waals surface area contributed by atoms with Gasteiger partial charge in [-0.2, -0.15) is 4.31 Å². The molecule has 0 unspecified atom stereocenters. The molecule has 4 rings (SSSR count). The molecule has 34 heavy (non-hydrogen) atoms. The minimum absolute atomic E-state index is 0.125.